The Hall–Kier alpha value is -0.870. The van der Waals surface area contributed by atoms with Crippen molar-refractivity contribution in [3.8, 4) is 0 Å². The second-order valence-corrected chi connectivity index (χ2v) is 4.07. The van der Waals surface area contributed by atoms with E-state index < -0.39 is 0 Å². The van der Waals surface area contributed by atoms with Crippen LogP contribution in [0.3, 0.4) is 0 Å². The van der Waals surface area contributed by atoms with Gasteiger partial charge in [-0.15, -0.1) is 0 Å². The van der Waals surface area contributed by atoms with Crippen LogP contribution in [0.15, 0.2) is 12.2 Å². The molecular weight excluding hydrogens is 206 g/mol. The molecule has 0 saturated carbocycles. The smallest absolute Gasteiger partial charge is 0.223 e. The van der Waals surface area contributed by atoms with Gasteiger partial charge in [0.1, 0.15) is 0 Å². The normalized spacial score (nSPS) is 19.0. The molecule has 1 atom stereocenters. The van der Waals surface area contributed by atoms with Gasteiger partial charge in [-0.2, -0.15) is 0 Å². The summed E-state index contributed by atoms with van der Waals surface area (Å²) in [7, 11) is 1.61. The van der Waals surface area contributed by atoms with Crippen molar-refractivity contribution in [2.45, 2.75) is 19.3 Å². The van der Waals surface area contributed by atoms with Crippen LogP contribution < -0.4 is 0 Å². The Morgan fingerprint density at radius 2 is 2.38 bits per heavy atom. The molecule has 92 valence electrons. The molecule has 0 radical (unpaired) electrons. The summed E-state index contributed by atoms with van der Waals surface area (Å²) in [6.45, 7) is 1.49. The number of aliphatic hydroxyl groups is 1. The first kappa shape index (κ1) is 13.2. The van der Waals surface area contributed by atoms with Gasteiger partial charge in [0, 0.05) is 26.6 Å². The molecule has 4 nitrogen and oxygen atoms in total. The maximum absolute atomic E-state index is 11.9. The fraction of sp³-hybridized carbons (Fsp3) is 0.750. The molecule has 1 rings (SSSR count). The lowest BCUT2D eigenvalue weighted by atomic mass is 10.0. The highest BCUT2D eigenvalue weighted by molar-refractivity contribution is 5.76. The number of rotatable bonds is 7. The number of nitrogens with zero attached hydrogens (tertiary/aromatic N) is 1. The van der Waals surface area contributed by atoms with Gasteiger partial charge in [-0.25, -0.2) is 0 Å². The van der Waals surface area contributed by atoms with Crippen LogP contribution in [0.4, 0.5) is 0 Å². The van der Waals surface area contributed by atoms with Crippen LogP contribution in [0.5, 0.6) is 0 Å². The maximum atomic E-state index is 11.9. The van der Waals surface area contributed by atoms with Crippen LogP contribution in [-0.4, -0.2) is 49.3 Å². The van der Waals surface area contributed by atoms with E-state index in [0.29, 0.717) is 32.0 Å². The Morgan fingerprint density at radius 1 is 1.56 bits per heavy atom. The number of hydrogen-bond acceptors (Lipinski definition) is 3. The molecule has 0 fully saturated rings. The summed E-state index contributed by atoms with van der Waals surface area (Å²) >= 11 is 0. The lowest BCUT2D eigenvalue weighted by Gasteiger charge is -2.22. The van der Waals surface area contributed by atoms with Crippen LogP contribution in [0, 0.1) is 5.92 Å². The number of amides is 1. The topological polar surface area (TPSA) is 49.8 Å². The third-order valence-corrected chi connectivity index (χ3v) is 2.84. The highest BCUT2D eigenvalue weighted by Gasteiger charge is 2.18. The second-order valence-electron chi connectivity index (χ2n) is 4.07. The van der Waals surface area contributed by atoms with Gasteiger partial charge >= 0.3 is 0 Å². The fourth-order valence-corrected chi connectivity index (χ4v) is 1.90. The van der Waals surface area contributed by atoms with E-state index in [1.54, 1.807) is 12.0 Å². The zero-order chi connectivity index (χ0) is 11.8. The van der Waals surface area contributed by atoms with Crippen molar-refractivity contribution in [1.29, 1.82) is 0 Å². The fourth-order valence-electron chi connectivity index (χ4n) is 1.90. The summed E-state index contributed by atoms with van der Waals surface area (Å²) < 4.78 is 4.95. The quantitative estimate of drug-likeness (QED) is 0.655. The number of carbonyl (C=O) groups excluding carboxylic acids is 1. The van der Waals surface area contributed by atoms with Crippen LogP contribution in [0.25, 0.3) is 0 Å². The monoisotopic (exact) mass is 227 g/mol. The standard InChI is InChI=1S/C12H21NO3/c1-16-9-7-13(6-8-14)12(15)10-11-4-2-3-5-11/h2,4,11,14H,3,5-10H2,1H3. The van der Waals surface area contributed by atoms with E-state index in [-0.39, 0.29) is 12.5 Å². The molecule has 1 unspecified atom stereocenters. The van der Waals surface area contributed by atoms with Crippen LogP contribution in [0.2, 0.25) is 0 Å². The van der Waals surface area contributed by atoms with E-state index in [1.165, 1.54) is 0 Å². The minimum absolute atomic E-state index is 0.00988. The van der Waals surface area contributed by atoms with Crippen molar-refractivity contribution in [2.24, 2.45) is 5.92 Å². The number of ether oxygens (including phenoxy) is 1. The predicted octanol–water partition coefficient (Wildman–Crippen LogP) is 0.810. The van der Waals surface area contributed by atoms with Crippen molar-refractivity contribution in [1.82, 2.24) is 4.90 Å². The molecule has 1 amide bonds. The molecule has 0 heterocycles. The summed E-state index contributed by atoms with van der Waals surface area (Å²) in [6, 6.07) is 0. The van der Waals surface area contributed by atoms with E-state index in [2.05, 4.69) is 12.2 Å². The van der Waals surface area contributed by atoms with Gasteiger partial charge in [0.2, 0.25) is 5.91 Å². The third kappa shape index (κ3) is 4.33. The van der Waals surface area contributed by atoms with Gasteiger partial charge < -0.3 is 14.7 Å². The minimum atomic E-state index is 0.00988. The highest BCUT2D eigenvalue weighted by atomic mass is 16.5. The van der Waals surface area contributed by atoms with Gasteiger partial charge in [-0.3, -0.25) is 4.79 Å². The number of methoxy groups -OCH3 is 1. The van der Waals surface area contributed by atoms with Crippen molar-refractivity contribution in [2.75, 3.05) is 33.4 Å². The molecule has 0 saturated heterocycles. The van der Waals surface area contributed by atoms with Crippen molar-refractivity contribution in [3.63, 3.8) is 0 Å². The van der Waals surface area contributed by atoms with Gasteiger partial charge in [0.25, 0.3) is 0 Å². The number of carbonyl (C=O) groups is 1. The van der Waals surface area contributed by atoms with E-state index in [0.717, 1.165) is 12.8 Å². The molecule has 16 heavy (non-hydrogen) atoms. The summed E-state index contributed by atoms with van der Waals surface area (Å²) in [5.41, 5.74) is 0. The molecule has 0 aromatic heterocycles. The zero-order valence-electron chi connectivity index (χ0n) is 9.89. The number of aliphatic hydroxyl groups excluding tert-OH is 1. The van der Waals surface area contributed by atoms with Gasteiger partial charge in [-0.05, 0) is 18.8 Å². The molecule has 1 aliphatic carbocycles. The molecule has 0 aromatic carbocycles. The molecule has 0 aromatic rings. The van der Waals surface area contributed by atoms with Gasteiger partial charge in [0.05, 0.1) is 13.2 Å². The highest BCUT2D eigenvalue weighted by Crippen LogP contribution is 2.21. The van der Waals surface area contributed by atoms with Crippen molar-refractivity contribution >= 4 is 5.91 Å². The first-order valence-electron chi connectivity index (χ1n) is 5.82. The molecule has 1 N–H and O–H groups in total. The Morgan fingerprint density at radius 3 is 2.94 bits per heavy atom. The van der Waals surface area contributed by atoms with E-state index in [4.69, 9.17) is 9.84 Å². The zero-order valence-corrected chi connectivity index (χ0v) is 9.89. The predicted molar refractivity (Wildman–Crippen MR) is 62.0 cm³/mol. The average molecular weight is 227 g/mol. The summed E-state index contributed by atoms with van der Waals surface area (Å²) in [5.74, 6) is 0.499. The SMILES string of the molecule is COCCN(CCO)C(=O)CC1C=CCC1. The minimum Gasteiger partial charge on any atom is -0.395 e. The molecule has 4 heteroatoms. The first-order valence-corrected chi connectivity index (χ1v) is 5.82. The largest absolute Gasteiger partial charge is 0.395 e. The Balaban J connectivity index is 2.36. The first-order chi connectivity index (χ1) is 7.77. The van der Waals surface area contributed by atoms with E-state index in [9.17, 15) is 4.79 Å². The lowest BCUT2D eigenvalue weighted by molar-refractivity contribution is -0.133. The number of hydrogen-bond donors (Lipinski definition) is 1. The summed E-state index contributed by atoms with van der Waals surface area (Å²) in [5, 5.41) is 8.90. The third-order valence-electron chi connectivity index (χ3n) is 2.84. The second kappa shape index (κ2) is 7.41. The van der Waals surface area contributed by atoms with Crippen LogP contribution >= 0.6 is 0 Å². The molecule has 0 bridgehead atoms. The van der Waals surface area contributed by atoms with Crippen LogP contribution in [0.1, 0.15) is 19.3 Å². The summed E-state index contributed by atoms with van der Waals surface area (Å²) in [6.07, 6.45) is 6.95. The van der Waals surface area contributed by atoms with Crippen molar-refractivity contribution < 1.29 is 14.6 Å². The molecule has 0 spiro atoms. The maximum Gasteiger partial charge on any atom is 0.223 e. The molecule has 0 aliphatic heterocycles. The van der Waals surface area contributed by atoms with Gasteiger partial charge in [0.15, 0.2) is 0 Å². The van der Waals surface area contributed by atoms with Gasteiger partial charge in [-0.1, -0.05) is 12.2 Å². The molecule has 1 aliphatic rings. The van der Waals surface area contributed by atoms with Crippen LogP contribution in [-0.2, 0) is 9.53 Å². The Bertz CT molecular complexity index is 240. The Kier molecular flexibility index (Phi) is 6.11. The van der Waals surface area contributed by atoms with Crippen molar-refractivity contribution in [3.05, 3.63) is 12.2 Å². The van der Waals surface area contributed by atoms with E-state index in [1.807, 2.05) is 0 Å². The average Bonchev–Trinajstić information content (AvgIpc) is 2.76. The molecular formula is C12H21NO3. The number of allylic oxidation sites excluding steroid dienone is 2. The summed E-state index contributed by atoms with van der Waals surface area (Å²) in [4.78, 5) is 13.6. The Labute approximate surface area is 96.9 Å². The lowest BCUT2D eigenvalue weighted by Crippen LogP contribution is -2.36. The van der Waals surface area contributed by atoms with E-state index >= 15 is 0 Å².